The molecule has 1 fully saturated rings. The van der Waals surface area contributed by atoms with Crippen LogP contribution in [-0.2, 0) is 6.54 Å². The molecule has 1 aromatic carbocycles. The van der Waals surface area contributed by atoms with Crippen LogP contribution in [0.3, 0.4) is 0 Å². The fourth-order valence-electron chi connectivity index (χ4n) is 2.28. The number of hydrogen-bond acceptors (Lipinski definition) is 3. The van der Waals surface area contributed by atoms with Crippen LogP contribution in [0.15, 0.2) is 24.3 Å². The molecule has 1 aliphatic heterocycles. The first-order chi connectivity index (χ1) is 8.31. The third-order valence-corrected chi connectivity index (χ3v) is 3.35. The largest absolute Gasteiger partial charge is 0.395 e. The topological polar surface area (TPSA) is 35.5 Å². The Balaban J connectivity index is 2.04. The first-order valence-corrected chi connectivity index (χ1v) is 6.48. The minimum atomic E-state index is 0.154. The summed E-state index contributed by atoms with van der Waals surface area (Å²) in [5.41, 5.74) is 2.68. The Labute approximate surface area is 103 Å². The van der Waals surface area contributed by atoms with Gasteiger partial charge in [0.15, 0.2) is 0 Å². The van der Waals surface area contributed by atoms with Crippen LogP contribution < -0.4 is 10.2 Å². The summed E-state index contributed by atoms with van der Waals surface area (Å²) in [5, 5.41) is 12.4. The molecule has 3 heteroatoms. The average molecular weight is 234 g/mol. The van der Waals surface area contributed by atoms with Crippen molar-refractivity contribution in [3.8, 4) is 0 Å². The highest BCUT2D eigenvalue weighted by Crippen LogP contribution is 2.24. The van der Waals surface area contributed by atoms with Crippen molar-refractivity contribution in [3.63, 3.8) is 0 Å². The van der Waals surface area contributed by atoms with Crippen molar-refractivity contribution in [1.82, 2.24) is 5.32 Å². The molecule has 0 spiro atoms. The van der Waals surface area contributed by atoms with Crippen molar-refractivity contribution in [2.24, 2.45) is 0 Å². The Morgan fingerprint density at radius 2 is 2.00 bits per heavy atom. The van der Waals surface area contributed by atoms with E-state index >= 15 is 0 Å². The smallest absolute Gasteiger partial charge is 0.0582 e. The SMILES string of the molecule is C[C@H](CO)NCc1ccccc1N1CCCC1. The fourth-order valence-corrected chi connectivity index (χ4v) is 2.28. The molecule has 0 aliphatic carbocycles. The second-order valence-corrected chi connectivity index (χ2v) is 4.79. The zero-order chi connectivity index (χ0) is 12.1. The van der Waals surface area contributed by atoms with Gasteiger partial charge in [-0.25, -0.2) is 0 Å². The third kappa shape index (κ3) is 3.20. The zero-order valence-corrected chi connectivity index (χ0v) is 10.5. The Bertz CT molecular complexity index is 348. The van der Waals surface area contributed by atoms with Gasteiger partial charge in [0.25, 0.3) is 0 Å². The lowest BCUT2D eigenvalue weighted by Gasteiger charge is -2.22. The van der Waals surface area contributed by atoms with E-state index in [2.05, 4.69) is 34.5 Å². The molecule has 1 atom stereocenters. The number of benzene rings is 1. The molecular weight excluding hydrogens is 212 g/mol. The number of nitrogens with zero attached hydrogens (tertiary/aromatic N) is 1. The highest BCUT2D eigenvalue weighted by atomic mass is 16.3. The fraction of sp³-hybridized carbons (Fsp3) is 0.571. The molecule has 0 amide bonds. The molecule has 3 nitrogen and oxygen atoms in total. The maximum Gasteiger partial charge on any atom is 0.0582 e. The van der Waals surface area contributed by atoms with Crippen LogP contribution in [0.1, 0.15) is 25.3 Å². The number of hydrogen-bond donors (Lipinski definition) is 2. The van der Waals surface area contributed by atoms with Crippen molar-refractivity contribution < 1.29 is 5.11 Å². The molecule has 1 saturated heterocycles. The summed E-state index contributed by atoms with van der Waals surface area (Å²) < 4.78 is 0. The van der Waals surface area contributed by atoms with E-state index in [-0.39, 0.29) is 12.6 Å². The quantitative estimate of drug-likeness (QED) is 0.815. The second-order valence-electron chi connectivity index (χ2n) is 4.79. The molecule has 1 heterocycles. The summed E-state index contributed by atoms with van der Waals surface area (Å²) >= 11 is 0. The van der Waals surface area contributed by atoms with E-state index in [1.54, 1.807) is 0 Å². The predicted octanol–water partition coefficient (Wildman–Crippen LogP) is 1.76. The summed E-state index contributed by atoms with van der Waals surface area (Å²) in [5.74, 6) is 0. The van der Waals surface area contributed by atoms with Crippen LogP contribution in [0, 0.1) is 0 Å². The highest BCUT2D eigenvalue weighted by molar-refractivity contribution is 5.54. The summed E-state index contributed by atoms with van der Waals surface area (Å²) in [6.07, 6.45) is 2.60. The normalized spacial score (nSPS) is 17.4. The first-order valence-electron chi connectivity index (χ1n) is 6.48. The van der Waals surface area contributed by atoms with Gasteiger partial charge in [-0.1, -0.05) is 18.2 Å². The standard InChI is InChI=1S/C14H22N2O/c1-12(11-17)15-10-13-6-2-3-7-14(13)16-8-4-5-9-16/h2-3,6-7,12,15,17H,4-5,8-11H2,1H3/t12-/m1/s1. The maximum atomic E-state index is 9.02. The number of para-hydroxylation sites is 1. The zero-order valence-electron chi connectivity index (χ0n) is 10.5. The lowest BCUT2D eigenvalue weighted by molar-refractivity contribution is 0.251. The molecule has 0 unspecified atom stereocenters. The van der Waals surface area contributed by atoms with E-state index in [4.69, 9.17) is 5.11 Å². The van der Waals surface area contributed by atoms with Crippen LogP contribution in [0.2, 0.25) is 0 Å². The highest BCUT2D eigenvalue weighted by Gasteiger charge is 2.15. The van der Waals surface area contributed by atoms with Gasteiger partial charge in [0.05, 0.1) is 6.61 Å². The van der Waals surface area contributed by atoms with E-state index in [0.717, 1.165) is 6.54 Å². The number of nitrogens with one attached hydrogen (secondary N) is 1. The Morgan fingerprint density at radius 3 is 2.71 bits per heavy atom. The van der Waals surface area contributed by atoms with Crippen molar-refractivity contribution in [3.05, 3.63) is 29.8 Å². The molecular formula is C14H22N2O. The minimum Gasteiger partial charge on any atom is -0.395 e. The van der Waals surface area contributed by atoms with Crippen LogP contribution >= 0.6 is 0 Å². The molecule has 0 aromatic heterocycles. The second kappa shape index (κ2) is 6.03. The molecule has 2 rings (SSSR count). The van der Waals surface area contributed by atoms with Gasteiger partial charge >= 0.3 is 0 Å². The third-order valence-electron chi connectivity index (χ3n) is 3.35. The van der Waals surface area contributed by atoms with Crippen molar-refractivity contribution in [1.29, 1.82) is 0 Å². The number of rotatable bonds is 5. The van der Waals surface area contributed by atoms with Gasteiger partial charge in [-0.3, -0.25) is 0 Å². The minimum absolute atomic E-state index is 0.154. The molecule has 0 bridgehead atoms. The van der Waals surface area contributed by atoms with Crippen LogP contribution in [-0.4, -0.2) is 30.8 Å². The van der Waals surface area contributed by atoms with Gasteiger partial charge in [-0.15, -0.1) is 0 Å². The van der Waals surface area contributed by atoms with E-state index in [9.17, 15) is 0 Å². The van der Waals surface area contributed by atoms with Gasteiger partial charge in [0, 0.05) is 31.4 Å². The summed E-state index contributed by atoms with van der Waals surface area (Å²) in [6.45, 7) is 5.36. The van der Waals surface area contributed by atoms with E-state index in [0.29, 0.717) is 0 Å². The van der Waals surface area contributed by atoms with Gasteiger partial charge in [-0.05, 0) is 31.4 Å². The van der Waals surface area contributed by atoms with Crippen molar-refractivity contribution in [2.45, 2.75) is 32.4 Å². The maximum absolute atomic E-state index is 9.02. The number of aliphatic hydroxyl groups excluding tert-OH is 1. The Morgan fingerprint density at radius 1 is 1.29 bits per heavy atom. The summed E-state index contributed by atoms with van der Waals surface area (Å²) in [4.78, 5) is 2.46. The first kappa shape index (κ1) is 12.4. The van der Waals surface area contributed by atoms with Crippen LogP contribution in [0.5, 0.6) is 0 Å². The molecule has 1 aliphatic rings. The number of anilines is 1. The number of aliphatic hydroxyl groups is 1. The molecule has 2 N–H and O–H groups in total. The Kier molecular flexibility index (Phi) is 4.40. The molecule has 1 aromatic rings. The van der Waals surface area contributed by atoms with Gasteiger partial charge in [0.2, 0.25) is 0 Å². The molecule has 0 saturated carbocycles. The monoisotopic (exact) mass is 234 g/mol. The van der Waals surface area contributed by atoms with Gasteiger partial charge < -0.3 is 15.3 Å². The van der Waals surface area contributed by atoms with E-state index in [1.165, 1.54) is 37.2 Å². The van der Waals surface area contributed by atoms with Crippen LogP contribution in [0.25, 0.3) is 0 Å². The molecule has 17 heavy (non-hydrogen) atoms. The Hall–Kier alpha value is -1.06. The summed E-state index contributed by atoms with van der Waals surface area (Å²) in [6, 6.07) is 8.71. The lowest BCUT2D eigenvalue weighted by atomic mass is 10.1. The van der Waals surface area contributed by atoms with Crippen LogP contribution in [0.4, 0.5) is 5.69 Å². The van der Waals surface area contributed by atoms with E-state index in [1.807, 2.05) is 6.92 Å². The summed E-state index contributed by atoms with van der Waals surface area (Å²) in [7, 11) is 0. The molecule has 0 radical (unpaired) electrons. The van der Waals surface area contributed by atoms with E-state index < -0.39 is 0 Å². The van der Waals surface area contributed by atoms with Crippen molar-refractivity contribution >= 4 is 5.69 Å². The average Bonchev–Trinajstić information content (AvgIpc) is 2.90. The molecule has 94 valence electrons. The van der Waals surface area contributed by atoms with Gasteiger partial charge in [-0.2, -0.15) is 0 Å². The lowest BCUT2D eigenvalue weighted by Crippen LogP contribution is -2.29. The van der Waals surface area contributed by atoms with Gasteiger partial charge in [0.1, 0.15) is 0 Å². The predicted molar refractivity (Wildman–Crippen MR) is 71.3 cm³/mol. The van der Waals surface area contributed by atoms with Crippen molar-refractivity contribution in [2.75, 3.05) is 24.6 Å².